The van der Waals surface area contributed by atoms with Gasteiger partial charge in [0.05, 0.1) is 11.4 Å². The molecule has 0 saturated carbocycles. The van der Waals surface area contributed by atoms with Crippen molar-refractivity contribution in [2.24, 2.45) is 0 Å². The summed E-state index contributed by atoms with van der Waals surface area (Å²) in [5.74, 6) is 0.650. The van der Waals surface area contributed by atoms with Gasteiger partial charge >= 0.3 is 0 Å². The molecule has 1 fully saturated rings. The molecule has 1 aliphatic rings. The average molecular weight is 281 g/mol. The van der Waals surface area contributed by atoms with Gasteiger partial charge in [0.15, 0.2) is 0 Å². The van der Waals surface area contributed by atoms with Gasteiger partial charge < -0.3 is 0 Å². The van der Waals surface area contributed by atoms with Crippen molar-refractivity contribution in [3.8, 4) is 0 Å². The Labute approximate surface area is 127 Å². The zero-order valence-electron chi connectivity index (χ0n) is 12.9. The van der Waals surface area contributed by atoms with Gasteiger partial charge in [0, 0.05) is 25.5 Å². The highest BCUT2D eigenvalue weighted by molar-refractivity contribution is 5.26. The first-order valence-electron chi connectivity index (χ1n) is 7.77. The first-order valence-corrected chi connectivity index (χ1v) is 7.77. The predicted octanol–water partition coefficient (Wildman–Crippen LogP) is 3.47. The lowest BCUT2D eigenvalue weighted by atomic mass is 9.90. The van der Waals surface area contributed by atoms with Gasteiger partial charge in [-0.3, -0.25) is 14.9 Å². The minimum Gasteiger partial charge on any atom is -0.297 e. The van der Waals surface area contributed by atoms with Crippen LogP contribution >= 0.6 is 0 Å². The summed E-state index contributed by atoms with van der Waals surface area (Å²) in [6.45, 7) is 7.35. The van der Waals surface area contributed by atoms with Gasteiger partial charge in [-0.15, -0.1) is 0 Å². The standard InChI is InChI=1S/C18H23N3/c1-14-5-3-6-16(9-14)17-7-4-8-21(12-17)13-18-11-19-15(2)10-20-18/h3,5-6,9-11,17H,4,7-8,12-13H2,1-2H3/t17-/m0/s1. The molecular weight excluding hydrogens is 258 g/mol. The smallest absolute Gasteiger partial charge is 0.0727 e. The lowest BCUT2D eigenvalue weighted by Gasteiger charge is -2.32. The summed E-state index contributed by atoms with van der Waals surface area (Å²) in [4.78, 5) is 11.3. The van der Waals surface area contributed by atoms with Crippen molar-refractivity contribution in [3.63, 3.8) is 0 Å². The maximum absolute atomic E-state index is 4.48. The summed E-state index contributed by atoms with van der Waals surface area (Å²) in [6.07, 6.45) is 6.32. The molecule has 0 N–H and O–H groups in total. The molecule has 1 aromatic heterocycles. The van der Waals surface area contributed by atoms with Gasteiger partial charge in [0.25, 0.3) is 0 Å². The molecule has 0 amide bonds. The van der Waals surface area contributed by atoms with E-state index in [2.05, 4.69) is 46.1 Å². The fourth-order valence-electron chi connectivity index (χ4n) is 3.13. The molecule has 2 heterocycles. The second kappa shape index (κ2) is 6.35. The predicted molar refractivity (Wildman–Crippen MR) is 85.2 cm³/mol. The Morgan fingerprint density at radius 2 is 2.10 bits per heavy atom. The van der Waals surface area contributed by atoms with E-state index in [1.54, 1.807) is 0 Å². The summed E-state index contributed by atoms with van der Waals surface area (Å²) in [5, 5.41) is 0. The third-order valence-corrected chi connectivity index (χ3v) is 4.24. The van der Waals surface area contributed by atoms with Crippen LogP contribution in [0.1, 0.15) is 41.3 Å². The summed E-state index contributed by atoms with van der Waals surface area (Å²) in [7, 11) is 0. The minimum absolute atomic E-state index is 0.650. The zero-order valence-corrected chi connectivity index (χ0v) is 12.9. The van der Waals surface area contributed by atoms with Crippen LogP contribution in [0.15, 0.2) is 36.7 Å². The van der Waals surface area contributed by atoms with Crippen LogP contribution in [0, 0.1) is 13.8 Å². The summed E-state index contributed by atoms with van der Waals surface area (Å²) < 4.78 is 0. The molecule has 1 saturated heterocycles. The molecule has 110 valence electrons. The van der Waals surface area contributed by atoms with Crippen LogP contribution in [0.5, 0.6) is 0 Å². The highest BCUT2D eigenvalue weighted by Gasteiger charge is 2.21. The van der Waals surface area contributed by atoms with E-state index in [4.69, 9.17) is 0 Å². The van der Waals surface area contributed by atoms with Crippen molar-refractivity contribution in [3.05, 3.63) is 59.2 Å². The Morgan fingerprint density at radius 3 is 2.86 bits per heavy atom. The van der Waals surface area contributed by atoms with Crippen LogP contribution in [0.25, 0.3) is 0 Å². The van der Waals surface area contributed by atoms with Crippen LogP contribution < -0.4 is 0 Å². The molecule has 2 aromatic rings. The van der Waals surface area contributed by atoms with Crippen molar-refractivity contribution >= 4 is 0 Å². The average Bonchev–Trinajstić information content (AvgIpc) is 2.50. The maximum atomic E-state index is 4.48. The third kappa shape index (κ3) is 3.67. The second-order valence-electron chi connectivity index (χ2n) is 6.14. The molecular formula is C18H23N3. The molecule has 3 nitrogen and oxygen atoms in total. The van der Waals surface area contributed by atoms with Gasteiger partial charge in [-0.05, 0) is 44.7 Å². The first-order chi connectivity index (χ1) is 10.2. The molecule has 3 heteroatoms. The number of hydrogen-bond acceptors (Lipinski definition) is 3. The number of piperidine rings is 1. The van der Waals surface area contributed by atoms with Crippen molar-refractivity contribution in [1.82, 2.24) is 14.9 Å². The van der Waals surface area contributed by atoms with Crippen LogP contribution in [0.2, 0.25) is 0 Å². The molecule has 0 spiro atoms. The van der Waals surface area contributed by atoms with Crippen LogP contribution in [0.4, 0.5) is 0 Å². The van der Waals surface area contributed by atoms with E-state index < -0.39 is 0 Å². The minimum atomic E-state index is 0.650. The normalized spacial score (nSPS) is 19.6. The third-order valence-electron chi connectivity index (χ3n) is 4.24. The topological polar surface area (TPSA) is 29.0 Å². The highest BCUT2D eigenvalue weighted by Crippen LogP contribution is 2.27. The van der Waals surface area contributed by atoms with Gasteiger partial charge in [0.1, 0.15) is 0 Å². The number of benzene rings is 1. The number of rotatable bonds is 3. The van der Waals surface area contributed by atoms with Crippen molar-refractivity contribution < 1.29 is 0 Å². The summed E-state index contributed by atoms with van der Waals surface area (Å²) in [6, 6.07) is 8.95. The van der Waals surface area contributed by atoms with E-state index in [0.29, 0.717) is 5.92 Å². The van der Waals surface area contributed by atoms with Crippen LogP contribution in [-0.2, 0) is 6.54 Å². The number of hydrogen-bond donors (Lipinski definition) is 0. The summed E-state index contributed by atoms with van der Waals surface area (Å²) in [5.41, 5.74) is 4.89. The quantitative estimate of drug-likeness (QED) is 0.862. The fourth-order valence-corrected chi connectivity index (χ4v) is 3.13. The van der Waals surface area contributed by atoms with Crippen molar-refractivity contribution in [2.75, 3.05) is 13.1 Å². The van der Waals surface area contributed by atoms with Gasteiger partial charge in [-0.1, -0.05) is 29.8 Å². The Bertz CT molecular complexity index is 592. The van der Waals surface area contributed by atoms with Crippen LogP contribution in [-0.4, -0.2) is 28.0 Å². The molecule has 0 aliphatic carbocycles. The fraction of sp³-hybridized carbons (Fsp3) is 0.444. The van der Waals surface area contributed by atoms with E-state index in [9.17, 15) is 0 Å². The Balaban J connectivity index is 1.67. The van der Waals surface area contributed by atoms with E-state index in [1.165, 1.54) is 24.0 Å². The number of nitrogens with zero attached hydrogens (tertiary/aromatic N) is 3. The highest BCUT2D eigenvalue weighted by atomic mass is 15.1. The summed E-state index contributed by atoms with van der Waals surface area (Å²) >= 11 is 0. The van der Waals surface area contributed by atoms with Crippen molar-refractivity contribution in [2.45, 2.75) is 39.2 Å². The monoisotopic (exact) mass is 281 g/mol. The van der Waals surface area contributed by atoms with E-state index in [1.807, 2.05) is 19.3 Å². The van der Waals surface area contributed by atoms with E-state index >= 15 is 0 Å². The van der Waals surface area contributed by atoms with E-state index in [0.717, 1.165) is 31.0 Å². The molecule has 0 unspecified atom stereocenters. The maximum Gasteiger partial charge on any atom is 0.0727 e. The number of likely N-dealkylation sites (tertiary alicyclic amines) is 1. The Morgan fingerprint density at radius 1 is 1.19 bits per heavy atom. The number of aromatic nitrogens is 2. The molecule has 0 bridgehead atoms. The Kier molecular flexibility index (Phi) is 4.30. The molecule has 0 radical (unpaired) electrons. The molecule has 21 heavy (non-hydrogen) atoms. The SMILES string of the molecule is Cc1cccc([C@H]2CCCN(Cc3cnc(C)cn3)C2)c1. The van der Waals surface area contributed by atoms with Gasteiger partial charge in [0.2, 0.25) is 0 Å². The largest absolute Gasteiger partial charge is 0.297 e. The van der Waals surface area contributed by atoms with Gasteiger partial charge in [-0.2, -0.15) is 0 Å². The molecule has 1 aromatic carbocycles. The molecule has 1 aliphatic heterocycles. The van der Waals surface area contributed by atoms with Gasteiger partial charge in [-0.25, -0.2) is 0 Å². The first kappa shape index (κ1) is 14.2. The zero-order chi connectivity index (χ0) is 14.7. The van der Waals surface area contributed by atoms with E-state index in [-0.39, 0.29) is 0 Å². The van der Waals surface area contributed by atoms with Crippen LogP contribution in [0.3, 0.4) is 0 Å². The second-order valence-corrected chi connectivity index (χ2v) is 6.14. The molecule has 1 atom stereocenters. The van der Waals surface area contributed by atoms with Crippen molar-refractivity contribution in [1.29, 1.82) is 0 Å². The molecule has 3 rings (SSSR count). The Hall–Kier alpha value is -1.74. The lowest BCUT2D eigenvalue weighted by molar-refractivity contribution is 0.198. The lowest BCUT2D eigenvalue weighted by Crippen LogP contribution is -2.34. The number of aryl methyl sites for hydroxylation is 2.